The lowest BCUT2D eigenvalue weighted by atomic mass is 10.1. The Morgan fingerprint density at radius 2 is 1.86 bits per heavy atom. The molecule has 0 spiro atoms. The van der Waals surface area contributed by atoms with E-state index in [-0.39, 0.29) is 10.8 Å². The molecule has 1 aliphatic rings. The van der Waals surface area contributed by atoms with Crippen LogP contribution in [0.4, 0.5) is 5.82 Å². The fraction of sp³-hybridized carbons (Fsp3) is 0.200. The third kappa shape index (κ3) is 3.05. The number of hydrogen-bond donors (Lipinski definition) is 0. The largest absolute Gasteiger partial charge is 0.292 e. The summed E-state index contributed by atoms with van der Waals surface area (Å²) in [5.41, 5.74) is 2.07. The first-order chi connectivity index (χ1) is 13.3. The lowest BCUT2D eigenvalue weighted by Gasteiger charge is -2.17. The van der Waals surface area contributed by atoms with Gasteiger partial charge in [0.2, 0.25) is 10.0 Å². The number of anilines is 1. The average molecular weight is 416 g/mol. The number of amides is 1. The number of halogens is 1. The molecule has 0 atom stereocenters. The molecule has 1 amide bonds. The highest BCUT2D eigenvalue weighted by Gasteiger charge is 2.28. The van der Waals surface area contributed by atoms with Crippen LogP contribution >= 0.6 is 11.6 Å². The lowest BCUT2D eigenvalue weighted by Crippen LogP contribution is -2.29. The second-order valence-corrected chi connectivity index (χ2v) is 9.36. The van der Waals surface area contributed by atoms with E-state index in [1.807, 2.05) is 18.2 Å². The number of hydrogen-bond acceptors (Lipinski definition) is 4. The number of fused-ring (bicyclic) bond motifs is 2. The molecule has 2 aromatic carbocycles. The first-order valence-corrected chi connectivity index (χ1v) is 10.5. The Morgan fingerprint density at radius 3 is 2.54 bits per heavy atom. The number of benzene rings is 2. The first-order valence-electron chi connectivity index (χ1n) is 8.71. The SMILES string of the molecule is CN(C)S(=O)(=O)c1ccc(C(=O)N2CCc3cc4cccc(Cl)c4nc32)cc1. The molecular formula is C20H18ClN3O3S. The van der Waals surface area contributed by atoms with Gasteiger partial charge < -0.3 is 0 Å². The molecule has 6 nitrogen and oxygen atoms in total. The summed E-state index contributed by atoms with van der Waals surface area (Å²) >= 11 is 6.26. The highest BCUT2D eigenvalue weighted by atomic mass is 35.5. The Hall–Kier alpha value is -2.48. The predicted molar refractivity (Wildman–Crippen MR) is 109 cm³/mol. The van der Waals surface area contributed by atoms with E-state index in [2.05, 4.69) is 4.98 Å². The van der Waals surface area contributed by atoms with E-state index < -0.39 is 10.0 Å². The van der Waals surface area contributed by atoms with E-state index in [0.717, 1.165) is 15.3 Å². The van der Waals surface area contributed by atoms with Crippen molar-refractivity contribution in [2.24, 2.45) is 0 Å². The summed E-state index contributed by atoms with van der Waals surface area (Å²) < 4.78 is 25.5. The van der Waals surface area contributed by atoms with Crippen LogP contribution in [0.2, 0.25) is 5.02 Å². The van der Waals surface area contributed by atoms with E-state index in [4.69, 9.17) is 11.6 Å². The summed E-state index contributed by atoms with van der Waals surface area (Å²) in [5, 5.41) is 1.48. The molecule has 8 heteroatoms. The Morgan fingerprint density at radius 1 is 1.14 bits per heavy atom. The average Bonchev–Trinajstić information content (AvgIpc) is 3.09. The van der Waals surface area contributed by atoms with Crippen molar-refractivity contribution in [1.82, 2.24) is 9.29 Å². The van der Waals surface area contributed by atoms with Gasteiger partial charge in [0, 0.05) is 31.6 Å². The van der Waals surface area contributed by atoms with E-state index in [1.165, 1.54) is 38.4 Å². The van der Waals surface area contributed by atoms with Crippen LogP contribution in [0.5, 0.6) is 0 Å². The van der Waals surface area contributed by atoms with Crippen molar-refractivity contribution in [2.45, 2.75) is 11.3 Å². The van der Waals surface area contributed by atoms with Gasteiger partial charge in [-0.15, -0.1) is 0 Å². The van der Waals surface area contributed by atoms with Crippen LogP contribution < -0.4 is 4.90 Å². The summed E-state index contributed by atoms with van der Waals surface area (Å²) in [6.45, 7) is 0.521. The standard InChI is InChI=1S/C20H18ClN3O3S/c1-23(2)28(26,27)16-8-6-13(7-9-16)20(25)24-11-10-15-12-14-4-3-5-17(21)18(14)22-19(15)24/h3-9,12H,10-11H2,1-2H3. The van der Waals surface area contributed by atoms with Gasteiger partial charge in [0.25, 0.3) is 5.91 Å². The van der Waals surface area contributed by atoms with Crippen molar-refractivity contribution < 1.29 is 13.2 Å². The molecule has 1 aromatic heterocycles. The zero-order valence-electron chi connectivity index (χ0n) is 15.4. The van der Waals surface area contributed by atoms with Gasteiger partial charge in [0.1, 0.15) is 5.82 Å². The molecule has 144 valence electrons. The minimum Gasteiger partial charge on any atom is -0.292 e. The molecule has 0 bridgehead atoms. The smallest absolute Gasteiger partial charge is 0.259 e. The third-order valence-electron chi connectivity index (χ3n) is 4.84. The number of aromatic nitrogens is 1. The van der Waals surface area contributed by atoms with Crippen LogP contribution in [-0.4, -0.2) is 44.3 Å². The zero-order valence-corrected chi connectivity index (χ0v) is 17.0. The number of para-hydroxylation sites is 1. The van der Waals surface area contributed by atoms with Gasteiger partial charge in [0.15, 0.2) is 0 Å². The van der Waals surface area contributed by atoms with Crippen LogP contribution in [0.25, 0.3) is 10.9 Å². The second-order valence-electron chi connectivity index (χ2n) is 6.80. The number of carbonyl (C=O) groups is 1. The van der Waals surface area contributed by atoms with Gasteiger partial charge in [0.05, 0.1) is 15.4 Å². The fourth-order valence-electron chi connectivity index (χ4n) is 3.29. The van der Waals surface area contributed by atoms with E-state index in [0.29, 0.717) is 34.9 Å². The van der Waals surface area contributed by atoms with Crippen molar-refractivity contribution in [3.63, 3.8) is 0 Å². The zero-order chi connectivity index (χ0) is 20.1. The number of rotatable bonds is 3. The maximum absolute atomic E-state index is 13.0. The second kappa shape index (κ2) is 6.84. The maximum atomic E-state index is 13.0. The van der Waals surface area contributed by atoms with Gasteiger partial charge >= 0.3 is 0 Å². The van der Waals surface area contributed by atoms with E-state index >= 15 is 0 Å². The minimum atomic E-state index is -3.53. The van der Waals surface area contributed by atoms with Crippen LogP contribution in [-0.2, 0) is 16.4 Å². The molecule has 0 unspecified atom stereocenters. The Balaban J connectivity index is 1.69. The summed E-state index contributed by atoms with van der Waals surface area (Å²) in [4.78, 5) is 19.4. The van der Waals surface area contributed by atoms with Crippen LogP contribution in [0.1, 0.15) is 15.9 Å². The quantitative estimate of drug-likeness (QED) is 0.657. The van der Waals surface area contributed by atoms with Crippen molar-refractivity contribution in [2.75, 3.05) is 25.5 Å². The third-order valence-corrected chi connectivity index (χ3v) is 6.97. The molecular weight excluding hydrogens is 398 g/mol. The lowest BCUT2D eigenvalue weighted by molar-refractivity contribution is 0.0988. The van der Waals surface area contributed by atoms with Crippen LogP contribution in [0.3, 0.4) is 0 Å². The van der Waals surface area contributed by atoms with Gasteiger partial charge in [-0.1, -0.05) is 23.7 Å². The van der Waals surface area contributed by atoms with Gasteiger partial charge in [-0.05, 0) is 48.4 Å². The molecule has 0 fully saturated rings. The van der Waals surface area contributed by atoms with Gasteiger partial charge in [-0.2, -0.15) is 0 Å². The molecule has 0 saturated heterocycles. The van der Waals surface area contributed by atoms with Crippen molar-refractivity contribution in [3.05, 3.63) is 64.7 Å². The molecule has 28 heavy (non-hydrogen) atoms. The Kier molecular flexibility index (Phi) is 4.61. The Bertz CT molecular complexity index is 1190. The van der Waals surface area contributed by atoms with Gasteiger partial charge in [-0.25, -0.2) is 17.7 Å². The molecule has 3 aromatic rings. The van der Waals surface area contributed by atoms with Crippen LogP contribution in [0, 0.1) is 0 Å². The number of pyridine rings is 1. The number of sulfonamides is 1. The Labute approximate surface area is 168 Å². The highest BCUT2D eigenvalue weighted by molar-refractivity contribution is 7.89. The first kappa shape index (κ1) is 18.9. The molecule has 4 rings (SSSR count). The topological polar surface area (TPSA) is 70.6 Å². The molecule has 1 aliphatic heterocycles. The monoisotopic (exact) mass is 415 g/mol. The molecule has 0 saturated carbocycles. The van der Waals surface area contributed by atoms with E-state index in [9.17, 15) is 13.2 Å². The van der Waals surface area contributed by atoms with Crippen molar-refractivity contribution >= 4 is 44.3 Å². The fourth-order valence-corrected chi connectivity index (χ4v) is 4.41. The van der Waals surface area contributed by atoms with Crippen molar-refractivity contribution in [3.8, 4) is 0 Å². The summed E-state index contributed by atoms with van der Waals surface area (Å²) in [6.07, 6.45) is 0.712. The number of nitrogens with zero attached hydrogens (tertiary/aromatic N) is 3. The molecule has 2 heterocycles. The predicted octanol–water partition coefficient (Wildman–Crippen LogP) is 3.34. The molecule has 0 aliphatic carbocycles. The summed E-state index contributed by atoms with van der Waals surface area (Å²) in [6, 6.07) is 13.6. The van der Waals surface area contributed by atoms with Crippen LogP contribution in [0.15, 0.2) is 53.4 Å². The molecule has 0 radical (unpaired) electrons. The maximum Gasteiger partial charge on any atom is 0.259 e. The normalized spacial score (nSPS) is 13.9. The number of carbonyl (C=O) groups excluding carboxylic acids is 1. The van der Waals surface area contributed by atoms with Gasteiger partial charge in [-0.3, -0.25) is 9.69 Å². The highest BCUT2D eigenvalue weighted by Crippen LogP contribution is 2.33. The van der Waals surface area contributed by atoms with Crippen molar-refractivity contribution in [1.29, 1.82) is 0 Å². The summed E-state index contributed by atoms with van der Waals surface area (Å²) in [5.74, 6) is 0.391. The minimum absolute atomic E-state index is 0.145. The van der Waals surface area contributed by atoms with E-state index in [1.54, 1.807) is 11.0 Å². The molecule has 0 N–H and O–H groups in total. The summed E-state index contributed by atoms with van der Waals surface area (Å²) in [7, 11) is -0.597.